The van der Waals surface area contributed by atoms with Crippen LogP contribution < -0.4 is 11.1 Å². The van der Waals surface area contributed by atoms with Gasteiger partial charge < -0.3 is 16.0 Å². The van der Waals surface area contributed by atoms with Gasteiger partial charge in [-0.1, -0.05) is 13.3 Å². The average molecular weight is 283 g/mol. The van der Waals surface area contributed by atoms with Crippen LogP contribution >= 0.6 is 0 Å². The van der Waals surface area contributed by atoms with Gasteiger partial charge in [-0.25, -0.2) is 0 Å². The lowest BCUT2D eigenvalue weighted by molar-refractivity contribution is -0.127. The van der Waals surface area contributed by atoms with Gasteiger partial charge in [-0.05, 0) is 59.9 Å². The molecule has 0 radical (unpaired) electrons. The third-order valence-corrected chi connectivity index (χ3v) is 4.74. The standard InChI is InChI=1S/C16H33N3O/c1-6-8-13(4)19(5)14-9-7-10-16(11-14,15(17)20)18-12(2)3/h12-14,18H,6-11H2,1-5H3,(H2,17,20). The van der Waals surface area contributed by atoms with E-state index in [4.69, 9.17) is 5.73 Å². The maximum atomic E-state index is 12.0. The maximum Gasteiger partial charge on any atom is 0.237 e. The van der Waals surface area contributed by atoms with E-state index in [1.807, 2.05) is 0 Å². The Hall–Kier alpha value is -0.610. The van der Waals surface area contributed by atoms with Gasteiger partial charge in [-0.3, -0.25) is 4.79 Å². The van der Waals surface area contributed by atoms with Crippen LogP contribution in [-0.4, -0.2) is 41.5 Å². The number of carbonyl (C=O) groups excluding carboxylic acids is 1. The van der Waals surface area contributed by atoms with E-state index in [1.165, 1.54) is 19.3 Å². The predicted molar refractivity (Wildman–Crippen MR) is 84.6 cm³/mol. The van der Waals surface area contributed by atoms with Crippen molar-refractivity contribution in [1.29, 1.82) is 0 Å². The summed E-state index contributed by atoms with van der Waals surface area (Å²) >= 11 is 0. The monoisotopic (exact) mass is 283 g/mol. The normalized spacial score (nSPS) is 28.9. The van der Waals surface area contributed by atoms with Crippen molar-refractivity contribution in [3.8, 4) is 0 Å². The lowest BCUT2D eigenvalue weighted by atomic mass is 9.77. The van der Waals surface area contributed by atoms with Crippen LogP contribution in [0.2, 0.25) is 0 Å². The molecule has 1 rings (SSSR count). The Kier molecular flexibility index (Phi) is 6.46. The zero-order chi connectivity index (χ0) is 15.3. The molecule has 4 heteroatoms. The first kappa shape index (κ1) is 17.4. The Balaban J connectivity index is 2.79. The second-order valence-electron chi connectivity index (χ2n) is 6.80. The third-order valence-electron chi connectivity index (χ3n) is 4.74. The minimum absolute atomic E-state index is 0.188. The summed E-state index contributed by atoms with van der Waals surface area (Å²) in [4.78, 5) is 14.5. The molecule has 0 aliphatic heterocycles. The zero-order valence-corrected chi connectivity index (χ0v) is 13.9. The summed E-state index contributed by atoms with van der Waals surface area (Å²) in [7, 11) is 2.19. The third kappa shape index (κ3) is 4.19. The van der Waals surface area contributed by atoms with Gasteiger partial charge in [-0.15, -0.1) is 0 Å². The Morgan fingerprint density at radius 3 is 2.60 bits per heavy atom. The fourth-order valence-corrected chi connectivity index (χ4v) is 3.55. The first-order valence-corrected chi connectivity index (χ1v) is 8.12. The zero-order valence-electron chi connectivity index (χ0n) is 13.9. The highest BCUT2D eigenvalue weighted by Gasteiger charge is 2.43. The van der Waals surface area contributed by atoms with Crippen molar-refractivity contribution in [2.45, 2.75) is 89.9 Å². The van der Waals surface area contributed by atoms with Crippen LogP contribution in [0.1, 0.15) is 66.2 Å². The van der Waals surface area contributed by atoms with Gasteiger partial charge in [0.25, 0.3) is 0 Å². The van der Waals surface area contributed by atoms with E-state index >= 15 is 0 Å². The summed E-state index contributed by atoms with van der Waals surface area (Å²) in [5, 5.41) is 3.45. The first-order valence-electron chi connectivity index (χ1n) is 8.12. The molecule has 1 saturated carbocycles. The van der Waals surface area contributed by atoms with E-state index in [2.05, 4.69) is 45.0 Å². The fourth-order valence-electron chi connectivity index (χ4n) is 3.55. The number of nitrogens with two attached hydrogens (primary N) is 1. The summed E-state index contributed by atoms with van der Waals surface area (Å²) in [5.74, 6) is -0.188. The highest BCUT2D eigenvalue weighted by molar-refractivity contribution is 5.85. The van der Waals surface area contributed by atoms with E-state index in [0.29, 0.717) is 12.1 Å². The van der Waals surface area contributed by atoms with Crippen LogP contribution in [0.15, 0.2) is 0 Å². The van der Waals surface area contributed by atoms with Gasteiger partial charge in [0.15, 0.2) is 0 Å². The molecular weight excluding hydrogens is 250 g/mol. The minimum Gasteiger partial charge on any atom is -0.368 e. The van der Waals surface area contributed by atoms with E-state index in [0.717, 1.165) is 19.3 Å². The van der Waals surface area contributed by atoms with E-state index < -0.39 is 5.54 Å². The van der Waals surface area contributed by atoms with Crippen LogP contribution in [-0.2, 0) is 4.79 Å². The molecule has 0 aromatic carbocycles. The molecule has 1 aliphatic carbocycles. The Labute approximate surface area is 124 Å². The lowest BCUT2D eigenvalue weighted by Gasteiger charge is -2.45. The van der Waals surface area contributed by atoms with Crippen molar-refractivity contribution in [3.05, 3.63) is 0 Å². The second-order valence-corrected chi connectivity index (χ2v) is 6.80. The summed E-state index contributed by atoms with van der Waals surface area (Å²) in [5.41, 5.74) is 5.21. The van der Waals surface area contributed by atoms with Crippen molar-refractivity contribution in [3.63, 3.8) is 0 Å². The van der Waals surface area contributed by atoms with Crippen molar-refractivity contribution in [2.75, 3.05) is 7.05 Å². The van der Waals surface area contributed by atoms with E-state index in [9.17, 15) is 4.79 Å². The first-order chi connectivity index (χ1) is 9.32. The highest BCUT2D eigenvalue weighted by atomic mass is 16.1. The smallest absolute Gasteiger partial charge is 0.237 e. The molecular formula is C16H33N3O. The van der Waals surface area contributed by atoms with Crippen LogP contribution in [0.4, 0.5) is 0 Å². The lowest BCUT2D eigenvalue weighted by Crippen LogP contribution is -2.62. The molecule has 0 bridgehead atoms. The number of primary amides is 1. The molecule has 118 valence electrons. The largest absolute Gasteiger partial charge is 0.368 e. The molecule has 3 N–H and O–H groups in total. The number of amides is 1. The summed E-state index contributed by atoms with van der Waals surface area (Å²) in [6.45, 7) is 8.66. The average Bonchev–Trinajstić information content (AvgIpc) is 2.37. The van der Waals surface area contributed by atoms with Crippen LogP contribution in [0, 0.1) is 0 Å². The summed E-state index contributed by atoms with van der Waals surface area (Å²) in [6, 6.07) is 1.29. The number of nitrogens with one attached hydrogen (secondary N) is 1. The molecule has 1 fully saturated rings. The Bertz CT molecular complexity index is 319. The van der Waals surface area contributed by atoms with Crippen LogP contribution in [0.5, 0.6) is 0 Å². The summed E-state index contributed by atoms with van der Waals surface area (Å²) in [6.07, 6.45) is 6.34. The van der Waals surface area contributed by atoms with Gasteiger partial charge in [0.1, 0.15) is 0 Å². The maximum absolute atomic E-state index is 12.0. The van der Waals surface area contributed by atoms with Crippen molar-refractivity contribution < 1.29 is 4.79 Å². The van der Waals surface area contributed by atoms with Crippen molar-refractivity contribution >= 4 is 5.91 Å². The van der Waals surface area contributed by atoms with E-state index in [-0.39, 0.29) is 11.9 Å². The topological polar surface area (TPSA) is 58.4 Å². The van der Waals surface area contributed by atoms with Crippen LogP contribution in [0.3, 0.4) is 0 Å². The number of nitrogens with zero attached hydrogens (tertiary/aromatic N) is 1. The number of hydrogen-bond donors (Lipinski definition) is 2. The molecule has 0 saturated heterocycles. The Morgan fingerprint density at radius 2 is 2.10 bits per heavy atom. The van der Waals surface area contributed by atoms with Crippen molar-refractivity contribution in [2.24, 2.45) is 5.73 Å². The Morgan fingerprint density at radius 1 is 1.45 bits per heavy atom. The van der Waals surface area contributed by atoms with E-state index in [1.54, 1.807) is 0 Å². The van der Waals surface area contributed by atoms with Crippen molar-refractivity contribution in [1.82, 2.24) is 10.2 Å². The molecule has 20 heavy (non-hydrogen) atoms. The van der Waals surface area contributed by atoms with Gasteiger partial charge in [0.2, 0.25) is 5.91 Å². The molecule has 3 atom stereocenters. The molecule has 0 spiro atoms. The molecule has 1 aliphatic rings. The van der Waals surface area contributed by atoms with Gasteiger partial charge in [0.05, 0.1) is 5.54 Å². The molecule has 0 aromatic heterocycles. The minimum atomic E-state index is -0.517. The molecule has 1 amide bonds. The fraction of sp³-hybridized carbons (Fsp3) is 0.938. The van der Waals surface area contributed by atoms with Crippen LogP contribution in [0.25, 0.3) is 0 Å². The second kappa shape index (κ2) is 7.41. The molecule has 3 unspecified atom stereocenters. The summed E-state index contributed by atoms with van der Waals surface area (Å²) < 4.78 is 0. The molecule has 4 nitrogen and oxygen atoms in total. The quantitative estimate of drug-likeness (QED) is 0.753. The van der Waals surface area contributed by atoms with Gasteiger partial charge >= 0.3 is 0 Å². The van der Waals surface area contributed by atoms with Gasteiger partial charge in [-0.2, -0.15) is 0 Å². The predicted octanol–water partition coefficient (Wildman–Crippen LogP) is 2.27. The highest BCUT2D eigenvalue weighted by Crippen LogP contribution is 2.32. The molecule has 0 heterocycles. The molecule has 0 aromatic rings. The number of carbonyl (C=O) groups is 1. The SMILES string of the molecule is CCCC(C)N(C)C1CCCC(NC(C)C)(C(N)=O)C1. The number of hydrogen-bond acceptors (Lipinski definition) is 3. The van der Waals surface area contributed by atoms with Gasteiger partial charge in [0, 0.05) is 18.1 Å². The number of rotatable bonds is 7.